The van der Waals surface area contributed by atoms with Gasteiger partial charge in [0, 0.05) is 12.0 Å². The maximum Gasteiger partial charge on any atom is 0.331 e. The quantitative estimate of drug-likeness (QED) is 0.645. The summed E-state index contributed by atoms with van der Waals surface area (Å²) in [7, 11) is 0. The fourth-order valence-corrected chi connectivity index (χ4v) is 2.40. The van der Waals surface area contributed by atoms with E-state index in [2.05, 4.69) is 0 Å². The van der Waals surface area contributed by atoms with Crippen LogP contribution in [-0.4, -0.2) is 28.2 Å². The highest BCUT2D eigenvalue weighted by Crippen LogP contribution is 2.44. The minimum absolute atomic E-state index is 0.108. The van der Waals surface area contributed by atoms with Gasteiger partial charge in [0.25, 0.3) is 0 Å². The molecule has 5 nitrogen and oxygen atoms in total. The highest BCUT2D eigenvalue weighted by Gasteiger charge is 2.34. The molecule has 1 saturated carbocycles. The first-order valence-corrected chi connectivity index (χ1v) is 5.70. The molecule has 17 heavy (non-hydrogen) atoms. The SMILES string of the molecule is CC1(C)CCC/C1=C(/C[C@H](N)C(=O)O)C(=O)O. The number of allylic oxidation sites excluding steroid dienone is 1. The summed E-state index contributed by atoms with van der Waals surface area (Å²) in [5.74, 6) is -2.22. The Morgan fingerprint density at radius 3 is 2.35 bits per heavy atom. The van der Waals surface area contributed by atoms with E-state index >= 15 is 0 Å². The molecule has 0 bridgehead atoms. The lowest BCUT2D eigenvalue weighted by molar-refractivity contribution is -0.138. The Labute approximate surface area is 100 Å². The Morgan fingerprint density at radius 1 is 1.41 bits per heavy atom. The van der Waals surface area contributed by atoms with Crippen LogP contribution in [-0.2, 0) is 9.59 Å². The molecule has 0 aromatic heterocycles. The average Bonchev–Trinajstić information content (AvgIpc) is 2.53. The van der Waals surface area contributed by atoms with E-state index < -0.39 is 18.0 Å². The molecule has 96 valence electrons. The lowest BCUT2D eigenvalue weighted by Crippen LogP contribution is -2.32. The van der Waals surface area contributed by atoms with Crippen molar-refractivity contribution < 1.29 is 19.8 Å². The number of rotatable bonds is 4. The molecule has 0 heterocycles. The monoisotopic (exact) mass is 241 g/mol. The van der Waals surface area contributed by atoms with Crippen molar-refractivity contribution in [2.75, 3.05) is 0 Å². The highest BCUT2D eigenvalue weighted by molar-refractivity contribution is 5.89. The zero-order valence-electron chi connectivity index (χ0n) is 10.2. The van der Waals surface area contributed by atoms with Crippen LogP contribution in [0.25, 0.3) is 0 Å². The van der Waals surface area contributed by atoms with Crippen LogP contribution < -0.4 is 5.73 Å². The summed E-state index contributed by atoms with van der Waals surface area (Å²) in [6.45, 7) is 3.98. The summed E-state index contributed by atoms with van der Waals surface area (Å²) in [4.78, 5) is 21.9. The summed E-state index contributed by atoms with van der Waals surface area (Å²) in [6, 6.07) is -1.15. The molecule has 1 aliphatic rings. The second-order valence-electron chi connectivity index (χ2n) is 5.15. The third kappa shape index (κ3) is 3.06. The van der Waals surface area contributed by atoms with Gasteiger partial charge in [0.2, 0.25) is 0 Å². The first kappa shape index (κ1) is 13.7. The number of carboxylic acid groups (broad SMARTS) is 2. The van der Waals surface area contributed by atoms with Gasteiger partial charge in [-0.15, -0.1) is 0 Å². The smallest absolute Gasteiger partial charge is 0.331 e. The van der Waals surface area contributed by atoms with Crippen LogP contribution in [0, 0.1) is 5.41 Å². The molecule has 0 aliphatic heterocycles. The van der Waals surface area contributed by atoms with E-state index in [0.29, 0.717) is 0 Å². The molecule has 0 aromatic carbocycles. The van der Waals surface area contributed by atoms with Gasteiger partial charge in [0.05, 0.1) is 0 Å². The van der Waals surface area contributed by atoms with Crippen LogP contribution in [0.15, 0.2) is 11.1 Å². The first-order chi connectivity index (χ1) is 7.75. The summed E-state index contributed by atoms with van der Waals surface area (Å²) >= 11 is 0. The molecule has 0 radical (unpaired) electrons. The Bertz CT molecular complexity index is 371. The fourth-order valence-electron chi connectivity index (χ4n) is 2.40. The predicted octanol–water partition coefficient (Wildman–Crippen LogP) is 1.38. The lowest BCUT2D eigenvalue weighted by atomic mass is 9.82. The molecule has 0 spiro atoms. The van der Waals surface area contributed by atoms with Gasteiger partial charge in [0.1, 0.15) is 6.04 Å². The molecular formula is C12H19NO4. The molecule has 1 fully saturated rings. The molecule has 1 aliphatic carbocycles. The molecule has 0 amide bonds. The fraction of sp³-hybridized carbons (Fsp3) is 0.667. The zero-order chi connectivity index (χ0) is 13.2. The molecule has 5 heteroatoms. The van der Waals surface area contributed by atoms with Gasteiger partial charge in [-0.05, 0) is 24.7 Å². The topological polar surface area (TPSA) is 101 Å². The number of carbonyl (C=O) groups is 2. The molecule has 4 N–H and O–H groups in total. The van der Waals surface area contributed by atoms with Crippen LogP contribution in [0.4, 0.5) is 0 Å². The standard InChI is InChI=1S/C12H19NO4/c1-12(2)5-3-4-8(12)7(10(14)15)6-9(13)11(16)17/h9H,3-6,13H2,1-2H3,(H,14,15)(H,16,17)/b8-7+/t9-/m0/s1. The normalized spacial score (nSPS) is 23.2. The zero-order valence-corrected chi connectivity index (χ0v) is 10.2. The van der Waals surface area contributed by atoms with Gasteiger partial charge < -0.3 is 15.9 Å². The van der Waals surface area contributed by atoms with Crippen molar-refractivity contribution in [3.05, 3.63) is 11.1 Å². The largest absolute Gasteiger partial charge is 0.480 e. The Balaban J connectivity index is 3.05. The van der Waals surface area contributed by atoms with Crippen LogP contribution in [0.1, 0.15) is 39.5 Å². The van der Waals surface area contributed by atoms with Gasteiger partial charge in [-0.3, -0.25) is 4.79 Å². The van der Waals surface area contributed by atoms with Crippen molar-refractivity contribution in [2.45, 2.75) is 45.6 Å². The van der Waals surface area contributed by atoms with Gasteiger partial charge in [-0.25, -0.2) is 4.79 Å². The van der Waals surface area contributed by atoms with Gasteiger partial charge in [-0.2, -0.15) is 0 Å². The maximum atomic E-state index is 11.2. The summed E-state index contributed by atoms with van der Waals surface area (Å²) in [5, 5.41) is 17.9. The van der Waals surface area contributed by atoms with Crippen molar-refractivity contribution in [3.8, 4) is 0 Å². The van der Waals surface area contributed by atoms with E-state index in [1.54, 1.807) is 0 Å². The second-order valence-corrected chi connectivity index (χ2v) is 5.15. The van der Waals surface area contributed by atoms with Crippen LogP contribution in [0.3, 0.4) is 0 Å². The summed E-state index contributed by atoms with van der Waals surface area (Å²) in [5.41, 5.74) is 6.29. The second kappa shape index (κ2) is 4.87. The van der Waals surface area contributed by atoms with E-state index in [0.717, 1.165) is 24.8 Å². The van der Waals surface area contributed by atoms with Crippen molar-refractivity contribution in [1.82, 2.24) is 0 Å². The third-order valence-electron chi connectivity index (χ3n) is 3.41. The molecule has 0 saturated heterocycles. The third-order valence-corrected chi connectivity index (χ3v) is 3.41. The minimum Gasteiger partial charge on any atom is -0.480 e. The van der Waals surface area contributed by atoms with Crippen molar-refractivity contribution in [2.24, 2.45) is 11.1 Å². The van der Waals surface area contributed by atoms with Gasteiger partial charge in [0.15, 0.2) is 0 Å². The number of carboxylic acids is 2. The van der Waals surface area contributed by atoms with Crippen LogP contribution in [0.2, 0.25) is 0 Å². The van der Waals surface area contributed by atoms with Crippen LogP contribution in [0.5, 0.6) is 0 Å². The Kier molecular flexibility index (Phi) is 3.93. The van der Waals surface area contributed by atoms with Gasteiger partial charge in [-0.1, -0.05) is 19.4 Å². The summed E-state index contributed by atoms with van der Waals surface area (Å²) in [6.07, 6.45) is 2.49. The van der Waals surface area contributed by atoms with E-state index in [4.69, 9.17) is 10.8 Å². The molecular weight excluding hydrogens is 222 g/mol. The molecule has 0 unspecified atom stereocenters. The Morgan fingerprint density at radius 2 is 2.00 bits per heavy atom. The molecule has 1 atom stereocenters. The van der Waals surface area contributed by atoms with Crippen molar-refractivity contribution in [1.29, 1.82) is 0 Å². The van der Waals surface area contributed by atoms with Crippen molar-refractivity contribution in [3.63, 3.8) is 0 Å². The van der Waals surface area contributed by atoms with Crippen molar-refractivity contribution >= 4 is 11.9 Å². The number of hydrogen-bond acceptors (Lipinski definition) is 3. The first-order valence-electron chi connectivity index (χ1n) is 5.70. The predicted molar refractivity (Wildman–Crippen MR) is 62.5 cm³/mol. The van der Waals surface area contributed by atoms with E-state index in [1.165, 1.54) is 0 Å². The molecule has 0 aromatic rings. The number of hydrogen-bond donors (Lipinski definition) is 3. The Hall–Kier alpha value is -1.36. The van der Waals surface area contributed by atoms with E-state index in [1.807, 2.05) is 13.8 Å². The highest BCUT2D eigenvalue weighted by atomic mass is 16.4. The average molecular weight is 241 g/mol. The maximum absolute atomic E-state index is 11.2. The van der Waals surface area contributed by atoms with Crippen LogP contribution >= 0.6 is 0 Å². The summed E-state index contributed by atoms with van der Waals surface area (Å²) < 4.78 is 0. The number of nitrogens with two attached hydrogens (primary N) is 1. The minimum atomic E-state index is -1.17. The van der Waals surface area contributed by atoms with E-state index in [-0.39, 0.29) is 17.4 Å². The number of aliphatic carboxylic acids is 2. The van der Waals surface area contributed by atoms with Gasteiger partial charge >= 0.3 is 11.9 Å². The van der Waals surface area contributed by atoms with E-state index in [9.17, 15) is 14.7 Å². The lowest BCUT2D eigenvalue weighted by Gasteiger charge is -2.23. The molecule has 1 rings (SSSR count).